The van der Waals surface area contributed by atoms with Gasteiger partial charge >= 0.3 is 0 Å². The molecule has 0 spiro atoms. The fourth-order valence-electron chi connectivity index (χ4n) is 2.26. The average Bonchev–Trinajstić information content (AvgIpc) is 2.58. The maximum Gasteiger partial charge on any atom is 0.229 e. The number of likely N-dealkylation sites (N-methyl/N-ethyl adjacent to an activating group) is 2. The summed E-state index contributed by atoms with van der Waals surface area (Å²) in [5.41, 5.74) is 3.06. The van der Waals surface area contributed by atoms with Crippen molar-refractivity contribution in [2.45, 2.75) is 26.7 Å². The molecule has 5 heteroatoms. The van der Waals surface area contributed by atoms with Gasteiger partial charge in [-0.15, -0.1) is 0 Å². The predicted molar refractivity (Wildman–Crippen MR) is 72.7 cm³/mol. The van der Waals surface area contributed by atoms with E-state index >= 15 is 0 Å². The van der Waals surface area contributed by atoms with Crippen LogP contribution in [0.3, 0.4) is 0 Å². The highest BCUT2D eigenvalue weighted by Crippen LogP contribution is 2.24. The average molecular weight is 252 g/mol. The van der Waals surface area contributed by atoms with Crippen LogP contribution in [0.5, 0.6) is 0 Å². The van der Waals surface area contributed by atoms with Gasteiger partial charge in [0.2, 0.25) is 5.91 Å². The van der Waals surface area contributed by atoms with Crippen molar-refractivity contribution in [3.05, 3.63) is 17.0 Å². The van der Waals surface area contributed by atoms with Gasteiger partial charge in [-0.05, 0) is 27.8 Å². The van der Waals surface area contributed by atoms with Crippen molar-refractivity contribution >= 4 is 5.91 Å². The van der Waals surface area contributed by atoms with Gasteiger partial charge in [0, 0.05) is 38.4 Å². The zero-order chi connectivity index (χ0) is 13.9. The Balaban J connectivity index is 2.86. The molecular formula is C13H24N4O. The predicted octanol–water partition coefficient (Wildman–Crippen LogP) is 0.818. The quantitative estimate of drug-likeness (QED) is 0.844. The molecule has 0 aliphatic carbocycles. The molecule has 0 aliphatic heterocycles. The summed E-state index contributed by atoms with van der Waals surface area (Å²) in [6.07, 6.45) is 0. The molecule has 1 atom stereocenters. The number of aryl methyl sites for hydroxylation is 2. The molecule has 102 valence electrons. The molecule has 0 radical (unpaired) electrons. The first-order valence-corrected chi connectivity index (χ1v) is 6.29. The largest absolute Gasteiger partial charge is 0.344 e. The molecule has 0 bridgehead atoms. The first-order chi connectivity index (χ1) is 8.40. The Bertz CT molecular complexity index is 425. The highest BCUT2D eigenvalue weighted by molar-refractivity contribution is 5.83. The Morgan fingerprint density at radius 1 is 1.50 bits per heavy atom. The van der Waals surface area contributed by atoms with Crippen LogP contribution >= 0.6 is 0 Å². The van der Waals surface area contributed by atoms with Crippen LogP contribution in [-0.2, 0) is 11.8 Å². The highest BCUT2D eigenvalue weighted by Gasteiger charge is 2.24. The van der Waals surface area contributed by atoms with Gasteiger partial charge in [-0.2, -0.15) is 5.10 Å². The van der Waals surface area contributed by atoms with E-state index in [1.54, 1.807) is 4.90 Å². The summed E-state index contributed by atoms with van der Waals surface area (Å²) in [4.78, 5) is 14.1. The molecule has 18 heavy (non-hydrogen) atoms. The third kappa shape index (κ3) is 2.90. The number of hydrogen-bond acceptors (Lipinski definition) is 3. The lowest BCUT2D eigenvalue weighted by molar-refractivity contribution is -0.131. The van der Waals surface area contributed by atoms with Crippen LogP contribution in [0.4, 0.5) is 0 Å². The molecule has 1 rings (SSSR count). The lowest BCUT2D eigenvalue weighted by Gasteiger charge is -2.21. The molecule has 5 nitrogen and oxygen atoms in total. The maximum atomic E-state index is 12.3. The lowest BCUT2D eigenvalue weighted by Crippen LogP contribution is -2.35. The maximum absolute atomic E-state index is 12.3. The van der Waals surface area contributed by atoms with E-state index in [0.29, 0.717) is 0 Å². The number of rotatable bonds is 5. The van der Waals surface area contributed by atoms with Gasteiger partial charge in [-0.25, -0.2) is 0 Å². The van der Waals surface area contributed by atoms with Crippen LogP contribution in [0.15, 0.2) is 0 Å². The summed E-state index contributed by atoms with van der Waals surface area (Å²) in [5.74, 6) is 0.00464. The van der Waals surface area contributed by atoms with E-state index in [-0.39, 0.29) is 11.8 Å². The minimum atomic E-state index is -0.138. The smallest absolute Gasteiger partial charge is 0.229 e. The number of hydrogen-bond donors (Lipinski definition) is 1. The molecule has 1 N–H and O–H groups in total. The molecule has 0 aromatic carbocycles. The number of aromatic nitrogens is 2. The Morgan fingerprint density at radius 2 is 2.11 bits per heavy atom. The van der Waals surface area contributed by atoms with E-state index in [2.05, 4.69) is 10.4 Å². The molecule has 1 amide bonds. The van der Waals surface area contributed by atoms with Crippen LogP contribution < -0.4 is 5.32 Å². The van der Waals surface area contributed by atoms with Crippen molar-refractivity contribution in [1.82, 2.24) is 20.0 Å². The minimum absolute atomic E-state index is 0.138. The molecule has 1 unspecified atom stereocenters. The van der Waals surface area contributed by atoms with E-state index in [0.717, 1.165) is 30.0 Å². The molecule has 1 aromatic rings. The van der Waals surface area contributed by atoms with Crippen LogP contribution in [0.2, 0.25) is 0 Å². The second-order valence-corrected chi connectivity index (χ2v) is 4.79. The Kier molecular flexibility index (Phi) is 4.90. The van der Waals surface area contributed by atoms with E-state index in [1.165, 1.54) is 0 Å². The molecule has 0 saturated carbocycles. The number of carbonyl (C=O) groups is 1. The summed E-state index contributed by atoms with van der Waals surface area (Å²) in [6.45, 7) is 7.44. The van der Waals surface area contributed by atoms with Crippen LogP contribution in [-0.4, -0.2) is 47.8 Å². The molecule has 0 fully saturated rings. The van der Waals surface area contributed by atoms with Crippen molar-refractivity contribution in [3.63, 3.8) is 0 Å². The van der Waals surface area contributed by atoms with Gasteiger partial charge in [0.05, 0.1) is 11.6 Å². The molecule has 0 saturated heterocycles. The standard InChI is InChI=1S/C13H24N4O/c1-9(13(18)16(5)8-7-14-4)12-10(2)15-17(6)11(12)3/h9,14H,7-8H2,1-6H3. The van der Waals surface area contributed by atoms with Crippen molar-refractivity contribution in [3.8, 4) is 0 Å². The molecule has 1 aromatic heterocycles. The third-order valence-corrected chi connectivity index (χ3v) is 3.44. The zero-order valence-electron chi connectivity index (χ0n) is 12.2. The summed E-state index contributed by atoms with van der Waals surface area (Å²) < 4.78 is 1.84. The van der Waals surface area contributed by atoms with Gasteiger partial charge in [0.1, 0.15) is 0 Å². The summed E-state index contributed by atoms with van der Waals surface area (Å²) >= 11 is 0. The van der Waals surface area contributed by atoms with Gasteiger partial charge in [-0.1, -0.05) is 0 Å². The van der Waals surface area contributed by atoms with Gasteiger partial charge in [0.25, 0.3) is 0 Å². The molecular weight excluding hydrogens is 228 g/mol. The van der Waals surface area contributed by atoms with Gasteiger partial charge < -0.3 is 10.2 Å². The summed E-state index contributed by atoms with van der Waals surface area (Å²) in [7, 11) is 5.64. The Morgan fingerprint density at radius 3 is 2.56 bits per heavy atom. The summed E-state index contributed by atoms with van der Waals surface area (Å²) in [5, 5.41) is 7.42. The number of nitrogens with one attached hydrogen (secondary N) is 1. The molecule has 1 heterocycles. The second-order valence-electron chi connectivity index (χ2n) is 4.79. The number of carbonyl (C=O) groups excluding carboxylic acids is 1. The van der Waals surface area contributed by atoms with Crippen molar-refractivity contribution in [2.75, 3.05) is 27.2 Å². The number of nitrogens with zero attached hydrogens (tertiary/aromatic N) is 3. The Labute approximate surface area is 109 Å². The van der Waals surface area contributed by atoms with Crippen molar-refractivity contribution < 1.29 is 4.79 Å². The fraction of sp³-hybridized carbons (Fsp3) is 0.692. The molecule has 0 aliphatic rings. The second kappa shape index (κ2) is 6.00. The van der Waals surface area contributed by atoms with Crippen LogP contribution in [0.25, 0.3) is 0 Å². The lowest BCUT2D eigenvalue weighted by atomic mass is 9.98. The Hall–Kier alpha value is -1.36. The topological polar surface area (TPSA) is 50.2 Å². The van der Waals surface area contributed by atoms with E-state index in [1.807, 2.05) is 46.6 Å². The van der Waals surface area contributed by atoms with Crippen molar-refractivity contribution in [1.29, 1.82) is 0 Å². The first-order valence-electron chi connectivity index (χ1n) is 6.29. The van der Waals surface area contributed by atoms with Gasteiger partial charge in [-0.3, -0.25) is 9.48 Å². The summed E-state index contributed by atoms with van der Waals surface area (Å²) in [6, 6.07) is 0. The van der Waals surface area contributed by atoms with Crippen LogP contribution in [0.1, 0.15) is 29.8 Å². The minimum Gasteiger partial charge on any atom is -0.344 e. The van der Waals surface area contributed by atoms with E-state index < -0.39 is 0 Å². The van der Waals surface area contributed by atoms with Crippen LogP contribution in [0, 0.1) is 13.8 Å². The normalized spacial score (nSPS) is 12.6. The van der Waals surface area contributed by atoms with Crippen molar-refractivity contribution in [2.24, 2.45) is 7.05 Å². The SMILES string of the molecule is CNCCN(C)C(=O)C(C)c1c(C)nn(C)c1C. The van der Waals surface area contributed by atoms with Gasteiger partial charge in [0.15, 0.2) is 0 Å². The zero-order valence-corrected chi connectivity index (χ0v) is 12.2. The highest BCUT2D eigenvalue weighted by atomic mass is 16.2. The monoisotopic (exact) mass is 252 g/mol. The first kappa shape index (κ1) is 14.7. The van der Waals surface area contributed by atoms with E-state index in [9.17, 15) is 4.79 Å². The van der Waals surface area contributed by atoms with E-state index in [4.69, 9.17) is 0 Å². The number of amides is 1. The third-order valence-electron chi connectivity index (χ3n) is 3.44. The fourth-order valence-corrected chi connectivity index (χ4v) is 2.26.